The number of hydrogen-bond donors (Lipinski definition) is 0. The van der Waals surface area contributed by atoms with E-state index in [0.29, 0.717) is 16.6 Å². The molecular formula is C22H44OSi. The lowest BCUT2D eigenvalue weighted by atomic mass is 9.93. The van der Waals surface area contributed by atoms with Gasteiger partial charge in [-0.15, -0.1) is 0 Å². The van der Waals surface area contributed by atoms with Crippen molar-refractivity contribution in [3.05, 3.63) is 24.0 Å². The van der Waals surface area contributed by atoms with Crippen molar-refractivity contribution in [1.29, 1.82) is 0 Å². The molecule has 0 aromatic rings. The van der Waals surface area contributed by atoms with Gasteiger partial charge in [0, 0.05) is 5.41 Å². The maximum atomic E-state index is 7.00. The van der Waals surface area contributed by atoms with Gasteiger partial charge in [0.1, 0.15) is 0 Å². The third kappa shape index (κ3) is 6.78. The average molecular weight is 353 g/mol. The lowest BCUT2D eigenvalue weighted by Gasteiger charge is -2.45. The van der Waals surface area contributed by atoms with Crippen LogP contribution in [0.3, 0.4) is 0 Å². The molecule has 0 bridgehead atoms. The lowest BCUT2D eigenvalue weighted by molar-refractivity contribution is 0.264. The van der Waals surface area contributed by atoms with E-state index in [1.54, 1.807) is 0 Å². The molecule has 142 valence electrons. The van der Waals surface area contributed by atoms with E-state index in [1.165, 1.54) is 25.0 Å². The summed E-state index contributed by atoms with van der Waals surface area (Å²) in [6.07, 6.45) is 11.6. The Labute approximate surface area is 154 Å². The molecule has 0 atom stereocenters. The van der Waals surface area contributed by atoms with Gasteiger partial charge >= 0.3 is 0 Å². The van der Waals surface area contributed by atoms with E-state index >= 15 is 0 Å². The molecule has 24 heavy (non-hydrogen) atoms. The third-order valence-electron chi connectivity index (χ3n) is 5.12. The molecule has 2 heteroatoms. The van der Waals surface area contributed by atoms with Crippen LogP contribution in [-0.4, -0.2) is 8.32 Å². The lowest BCUT2D eigenvalue weighted by Crippen LogP contribution is -2.48. The van der Waals surface area contributed by atoms with Crippen LogP contribution < -0.4 is 0 Å². The summed E-state index contributed by atoms with van der Waals surface area (Å²) in [6, 6.07) is 0. The monoisotopic (exact) mass is 352 g/mol. The second-order valence-electron chi connectivity index (χ2n) is 9.09. The van der Waals surface area contributed by atoms with Crippen LogP contribution in [0.25, 0.3) is 0 Å². The Balaban J connectivity index is 5.31. The van der Waals surface area contributed by atoms with Crippen LogP contribution >= 0.6 is 0 Å². The zero-order chi connectivity index (χ0) is 19.0. The molecule has 0 fully saturated rings. The molecule has 0 amide bonds. The van der Waals surface area contributed by atoms with Gasteiger partial charge in [0.15, 0.2) is 0 Å². The highest BCUT2D eigenvalue weighted by molar-refractivity contribution is 6.77. The fourth-order valence-corrected chi connectivity index (χ4v) is 9.33. The first-order chi connectivity index (χ1) is 11.0. The summed E-state index contributed by atoms with van der Waals surface area (Å²) in [6.45, 7) is 23.2. The predicted octanol–water partition coefficient (Wildman–Crippen LogP) is 8.25. The third-order valence-corrected chi connectivity index (χ3v) is 11.1. The van der Waals surface area contributed by atoms with Gasteiger partial charge in [-0.3, -0.25) is 0 Å². The summed E-state index contributed by atoms with van der Waals surface area (Å²) in [5.41, 5.74) is 1.95. The van der Waals surface area contributed by atoms with E-state index in [-0.39, 0.29) is 5.41 Å². The first kappa shape index (κ1) is 23.5. The van der Waals surface area contributed by atoms with E-state index in [0.717, 1.165) is 6.42 Å². The van der Waals surface area contributed by atoms with Gasteiger partial charge in [0.25, 0.3) is 8.32 Å². The van der Waals surface area contributed by atoms with Crippen LogP contribution in [-0.2, 0) is 4.43 Å². The van der Waals surface area contributed by atoms with Gasteiger partial charge in [-0.05, 0) is 55.3 Å². The topological polar surface area (TPSA) is 9.23 Å². The predicted molar refractivity (Wildman–Crippen MR) is 113 cm³/mol. The normalized spacial score (nSPS) is 14.5. The van der Waals surface area contributed by atoms with E-state index in [4.69, 9.17) is 4.43 Å². The fraction of sp³-hybridized carbons (Fsp3) is 0.818. The van der Waals surface area contributed by atoms with Crippen molar-refractivity contribution in [2.24, 2.45) is 5.41 Å². The van der Waals surface area contributed by atoms with Gasteiger partial charge in [-0.1, -0.05) is 74.5 Å². The smallest absolute Gasteiger partial charge is 0.258 e. The molecule has 0 aromatic carbocycles. The molecule has 0 radical (unpaired) electrons. The van der Waals surface area contributed by atoms with Gasteiger partial charge in [-0.2, -0.15) is 0 Å². The summed E-state index contributed by atoms with van der Waals surface area (Å²) in [5.74, 6) is 1.23. The first-order valence-electron chi connectivity index (χ1n) is 10.0. The Hall–Kier alpha value is -0.503. The van der Waals surface area contributed by atoms with Gasteiger partial charge in [0.2, 0.25) is 0 Å². The molecule has 0 aliphatic carbocycles. The molecule has 0 rings (SSSR count). The van der Waals surface area contributed by atoms with Crippen LogP contribution in [0.15, 0.2) is 24.0 Å². The van der Waals surface area contributed by atoms with Crippen molar-refractivity contribution in [1.82, 2.24) is 0 Å². The van der Waals surface area contributed by atoms with Crippen molar-refractivity contribution in [3.63, 3.8) is 0 Å². The molecule has 1 nitrogen and oxygen atoms in total. The van der Waals surface area contributed by atoms with Crippen molar-refractivity contribution in [2.75, 3.05) is 0 Å². The molecule has 0 aromatic heterocycles. The Kier molecular flexibility index (Phi) is 10.3. The molecule has 0 aliphatic rings. The summed E-state index contributed by atoms with van der Waals surface area (Å²) in [4.78, 5) is 0. The Bertz CT molecular complexity index is 375. The second-order valence-corrected chi connectivity index (χ2v) is 14.5. The molecule has 0 saturated carbocycles. The van der Waals surface area contributed by atoms with E-state index in [2.05, 4.69) is 87.5 Å². The van der Waals surface area contributed by atoms with Crippen LogP contribution in [0, 0.1) is 5.41 Å². The van der Waals surface area contributed by atoms with Crippen LogP contribution in [0.2, 0.25) is 16.6 Å². The fourth-order valence-electron chi connectivity index (χ4n) is 3.85. The number of allylic oxidation sites excluding steroid dienone is 4. The molecule has 0 aliphatic heterocycles. The summed E-state index contributed by atoms with van der Waals surface area (Å²) < 4.78 is 7.00. The van der Waals surface area contributed by atoms with Crippen LogP contribution in [0.5, 0.6) is 0 Å². The minimum atomic E-state index is -1.86. The molecule has 0 N–H and O–H groups in total. The Morgan fingerprint density at radius 2 is 1.33 bits per heavy atom. The molecular weight excluding hydrogens is 308 g/mol. The Morgan fingerprint density at radius 3 is 1.71 bits per heavy atom. The number of hydrogen-bond acceptors (Lipinski definition) is 1. The molecule has 0 heterocycles. The van der Waals surface area contributed by atoms with Crippen molar-refractivity contribution in [3.8, 4) is 0 Å². The van der Waals surface area contributed by atoms with Crippen molar-refractivity contribution in [2.45, 2.75) is 112 Å². The molecule has 0 unspecified atom stereocenters. The molecule has 0 spiro atoms. The highest BCUT2D eigenvalue weighted by atomic mass is 28.4. The maximum absolute atomic E-state index is 7.00. The first-order valence-corrected chi connectivity index (χ1v) is 12.1. The highest BCUT2D eigenvalue weighted by Gasteiger charge is 2.48. The summed E-state index contributed by atoms with van der Waals surface area (Å²) in [7, 11) is -1.86. The zero-order valence-corrected chi connectivity index (χ0v) is 19.2. The minimum absolute atomic E-state index is 0.0836. The van der Waals surface area contributed by atoms with Crippen LogP contribution in [0.1, 0.15) is 94.9 Å². The van der Waals surface area contributed by atoms with Crippen LogP contribution in [0.4, 0.5) is 0 Å². The van der Waals surface area contributed by atoms with E-state index in [9.17, 15) is 0 Å². The summed E-state index contributed by atoms with van der Waals surface area (Å²) in [5, 5.41) is 0. The van der Waals surface area contributed by atoms with E-state index in [1.807, 2.05) is 0 Å². The van der Waals surface area contributed by atoms with Crippen molar-refractivity contribution < 1.29 is 4.43 Å². The number of unbranched alkanes of at least 4 members (excludes halogenated alkanes) is 3. The largest absolute Gasteiger partial charge is 0.546 e. The second kappa shape index (κ2) is 10.5. The highest BCUT2D eigenvalue weighted by Crippen LogP contribution is 2.46. The Morgan fingerprint density at radius 1 is 0.875 bits per heavy atom. The minimum Gasteiger partial charge on any atom is -0.546 e. The van der Waals surface area contributed by atoms with Gasteiger partial charge in [-0.25, -0.2) is 0 Å². The number of rotatable bonds is 10. The van der Waals surface area contributed by atoms with Gasteiger partial charge in [0.05, 0.1) is 5.76 Å². The van der Waals surface area contributed by atoms with Gasteiger partial charge < -0.3 is 4.43 Å². The maximum Gasteiger partial charge on any atom is 0.258 e. The zero-order valence-electron chi connectivity index (χ0n) is 18.2. The average Bonchev–Trinajstić information content (AvgIpc) is 2.43. The standard InChI is InChI=1S/C22H44OSi/c1-11-12-13-14-15-16-17-21(22(8,9)10)23-24(18(2)3,19(4)5)20(6)7/h11-12,17-20H,13-16H2,1-10H3/b12-11+,21-17-. The van der Waals surface area contributed by atoms with E-state index < -0.39 is 8.32 Å². The molecule has 0 saturated heterocycles. The SMILES string of the molecule is C/C=C/CCCC/C=C(\O[Si](C(C)C)(C(C)C)C(C)C)C(C)(C)C. The summed E-state index contributed by atoms with van der Waals surface area (Å²) >= 11 is 0. The van der Waals surface area contributed by atoms with Crippen molar-refractivity contribution >= 4 is 8.32 Å². The quantitative estimate of drug-likeness (QED) is 0.166.